The molecular formula is C21H30F2N2O3. The van der Waals surface area contributed by atoms with E-state index in [9.17, 15) is 13.6 Å². The van der Waals surface area contributed by atoms with Gasteiger partial charge in [0.15, 0.2) is 0 Å². The number of piperidine rings is 1. The standard InChI is InChI=1S/C21H30F2N2O3/c1-27-13-21(26)25-8-2-3-19(24)20(25)12-28-18-6-4-14(5-7-18)15-9-16(22)11-17(23)10-15/h9-11,14,18-20H,2-8,12-13,24H2,1H3. The van der Waals surface area contributed by atoms with Crippen molar-refractivity contribution in [2.75, 3.05) is 26.9 Å². The lowest BCUT2D eigenvalue weighted by Gasteiger charge is -2.40. The van der Waals surface area contributed by atoms with Crippen LogP contribution in [0.15, 0.2) is 18.2 Å². The van der Waals surface area contributed by atoms with Gasteiger partial charge in [0.05, 0.1) is 18.8 Å². The zero-order valence-corrected chi connectivity index (χ0v) is 16.4. The molecule has 28 heavy (non-hydrogen) atoms. The highest BCUT2D eigenvalue weighted by Crippen LogP contribution is 2.35. The molecule has 1 aliphatic heterocycles. The maximum absolute atomic E-state index is 13.5. The zero-order valence-electron chi connectivity index (χ0n) is 16.4. The molecule has 2 aliphatic rings. The summed E-state index contributed by atoms with van der Waals surface area (Å²) >= 11 is 0. The van der Waals surface area contributed by atoms with Gasteiger partial charge in [0.25, 0.3) is 0 Å². The molecule has 0 aromatic heterocycles. The Morgan fingerprint density at radius 3 is 2.46 bits per heavy atom. The number of carbonyl (C=O) groups excluding carboxylic acids is 1. The number of methoxy groups -OCH3 is 1. The molecule has 5 nitrogen and oxygen atoms in total. The van der Waals surface area contributed by atoms with Crippen molar-refractivity contribution < 1.29 is 23.0 Å². The number of carbonyl (C=O) groups is 1. The third kappa shape index (κ3) is 5.27. The molecule has 2 unspecified atom stereocenters. The van der Waals surface area contributed by atoms with Gasteiger partial charge in [-0.25, -0.2) is 8.78 Å². The molecule has 3 rings (SSSR count). The Bertz CT molecular complexity index is 645. The van der Waals surface area contributed by atoms with Crippen molar-refractivity contribution in [3.63, 3.8) is 0 Å². The SMILES string of the molecule is COCC(=O)N1CCCC(N)C1COC1CCC(c2cc(F)cc(F)c2)CC1. The van der Waals surface area contributed by atoms with Gasteiger partial charge in [0.2, 0.25) is 5.91 Å². The predicted octanol–water partition coefficient (Wildman–Crippen LogP) is 2.97. The number of rotatable bonds is 6. The van der Waals surface area contributed by atoms with E-state index >= 15 is 0 Å². The number of hydrogen-bond acceptors (Lipinski definition) is 4. The maximum Gasteiger partial charge on any atom is 0.248 e. The first kappa shape index (κ1) is 21.1. The van der Waals surface area contributed by atoms with Crippen LogP contribution in [0.3, 0.4) is 0 Å². The summed E-state index contributed by atoms with van der Waals surface area (Å²) in [4.78, 5) is 14.1. The van der Waals surface area contributed by atoms with E-state index in [1.807, 2.05) is 0 Å². The first-order valence-corrected chi connectivity index (χ1v) is 10.1. The second-order valence-corrected chi connectivity index (χ2v) is 7.90. The molecular weight excluding hydrogens is 366 g/mol. The topological polar surface area (TPSA) is 64.8 Å². The van der Waals surface area contributed by atoms with Gasteiger partial charge in [-0.2, -0.15) is 0 Å². The molecule has 2 atom stereocenters. The second-order valence-electron chi connectivity index (χ2n) is 7.90. The van der Waals surface area contributed by atoms with Gasteiger partial charge < -0.3 is 20.1 Å². The van der Waals surface area contributed by atoms with Crippen LogP contribution in [0.25, 0.3) is 0 Å². The highest BCUT2D eigenvalue weighted by Gasteiger charge is 2.33. The number of amides is 1. The van der Waals surface area contributed by atoms with E-state index in [-0.39, 0.29) is 36.6 Å². The molecule has 1 aromatic rings. The van der Waals surface area contributed by atoms with Crippen molar-refractivity contribution >= 4 is 5.91 Å². The Morgan fingerprint density at radius 2 is 1.82 bits per heavy atom. The molecule has 2 N–H and O–H groups in total. The summed E-state index contributed by atoms with van der Waals surface area (Å²) in [7, 11) is 1.51. The lowest BCUT2D eigenvalue weighted by Crippen LogP contribution is -2.57. The summed E-state index contributed by atoms with van der Waals surface area (Å²) in [5.41, 5.74) is 6.98. The average Bonchev–Trinajstić information content (AvgIpc) is 2.66. The highest BCUT2D eigenvalue weighted by atomic mass is 19.1. The first-order chi connectivity index (χ1) is 13.5. The zero-order chi connectivity index (χ0) is 20.1. The van der Waals surface area contributed by atoms with Gasteiger partial charge in [-0.05, 0) is 62.1 Å². The molecule has 0 radical (unpaired) electrons. The van der Waals surface area contributed by atoms with E-state index in [2.05, 4.69) is 0 Å². The van der Waals surface area contributed by atoms with Crippen LogP contribution in [0.4, 0.5) is 8.78 Å². The van der Waals surface area contributed by atoms with E-state index in [1.54, 1.807) is 4.90 Å². The second kappa shape index (κ2) is 9.76. The largest absolute Gasteiger partial charge is 0.376 e. The number of nitrogens with two attached hydrogens (primary N) is 1. The number of nitrogens with zero attached hydrogens (tertiary/aromatic N) is 1. The molecule has 1 heterocycles. The van der Waals surface area contributed by atoms with E-state index in [0.717, 1.165) is 50.2 Å². The summed E-state index contributed by atoms with van der Waals surface area (Å²) in [6.45, 7) is 1.15. The van der Waals surface area contributed by atoms with Crippen molar-refractivity contribution in [1.29, 1.82) is 0 Å². The summed E-state index contributed by atoms with van der Waals surface area (Å²) in [6, 6.07) is 3.53. The molecule has 1 amide bonds. The van der Waals surface area contributed by atoms with E-state index in [4.69, 9.17) is 15.2 Å². The van der Waals surface area contributed by atoms with E-state index in [1.165, 1.54) is 19.2 Å². The minimum absolute atomic E-state index is 0.0527. The number of ether oxygens (including phenoxy) is 2. The summed E-state index contributed by atoms with van der Waals surface area (Å²) < 4.78 is 38.0. The fraction of sp³-hybridized carbons (Fsp3) is 0.667. The van der Waals surface area contributed by atoms with Crippen molar-refractivity contribution in [2.24, 2.45) is 5.73 Å². The lowest BCUT2D eigenvalue weighted by molar-refractivity contribution is -0.142. The molecule has 0 bridgehead atoms. The minimum Gasteiger partial charge on any atom is -0.376 e. The van der Waals surface area contributed by atoms with E-state index in [0.29, 0.717) is 13.2 Å². The Balaban J connectivity index is 1.51. The molecule has 1 saturated carbocycles. The van der Waals surface area contributed by atoms with Crippen LogP contribution < -0.4 is 5.73 Å². The quantitative estimate of drug-likeness (QED) is 0.803. The molecule has 1 aromatic carbocycles. The van der Waals surface area contributed by atoms with E-state index < -0.39 is 11.6 Å². The lowest BCUT2D eigenvalue weighted by atomic mass is 9.82. The Hall–Kier alpha value is -1.57. The van der Waals surface area contributed by atoms with Gasteiger partial charge in [-0.1, -0.05) is 0 Å². The van der Waals surface area contributed by atoms with Crippen molar-refractivity contribution in [3.05, 3.63) is 35.4 Å². The third-order valence-corrected chi connectivity index (χ3v) is 5.95. The summed E-state index contributed by atoms with van der Waals surface area (Å²) in [5.74, 6) is -0.953. The number of benzene rings is 1. The van der Waals surface area contributed by atoms with Crippen LogP contribution in [0.2, 0.25) is 0 Å². The maximum atomic E-state index is 13.5. The van der Waals surface area contributed by atoms with Gasteiger partial charge >= 0.3 is 0 Å². The fourth-order valence-corrected chi connectivity index (χ4v) is 4.42. The van der Waals surface area contributed by atoms with Crippen LogP contribution in [-0.2, 0) is 14.3 Å². The summed E-state index contributed by atoms with van der Waals surface area (Å²) in [5, 5.41) is 0. The molecule has 1 saturated heterocycles. The fourth-order valence-electron chi connectivity index (χ4n) is 4.42. The highest BCUT2D eigenvalue weighted by molar-refractivity contribution is 5.78. The van der Waals surface area contributed by atoms with Gasteiger partial charge in [0, 0.05) is 25.8 Å². The predicted molar refractivity (Wildman–Crippen MR) is 102 cm³/mol. The molecule has 2 fully saturated rings. The molecule has 7 heteroatoms. The Labute approximate surface area is 165 Å². The number of halogens is 2. The van der Waals surface area contributed by atoms with Gasteiger partial charge in [-0.3, -0.25) is 4.79 Å². The third-order valence-electron chi connectivity index (χ3n) is 5.95. The van der Waals surface area contributed by atoms with Crippen LogP contribution in [0.5, 0.6) is 0 Å². The van der Waals surface area contributed by atoms with Gasteiger partial charge in [0.1, 0.15) is 18.2 Å². The Kier molecular flexibility index (Phi) is 7.37. The molecule has 0 spiro atoms. The van der Waals surface area contributed by atoms with Gasteiger partial charge in [-0.15, -0.1) is 0 Å². The van der Waals surface area contributed by atoms with Crippen LogP contribution in [0.1, 0.15) is 50.0 Å². The van der Waals surface area contributed by atoms with Crippen molar-refractivity contribution in [1.82, 2.24) is 4.90 Å². The Morgan fingerprint density at radius 1 is 1.14 bits per heavy atom. The van der Waals surface area contributed by atoms with Crippen molar-refractivity contribution in [2.45, 2.75) is 62.6 Å². The smallest absolute Gasteiger partial charge is 0.248 e. The van der Waals surface area contributed by atoms with Crippen LogP contribution in [-0.4, -0.2) is 55.9 Å². The monoisotopic (exact) mass is 396 g/mol. The number of likely N-dealkylation sites (tertiary alicyclic amines) is 1. The number of hydrogen-bond donors (Lipinski definition) is 1. The molecule has 1 aliphatic carbocycles. The van der Waals surface area contributed by atoms with Crippen molar-refractivity contribution in [3.8, 4) is 0 Å². The first-order valence-electron chi connectivity index (χ1n) is 10.1. The minimum atomic E-state index is -0.527. The summed E-state index contributed by atoms with van der Waals surface area (Å²) in [6.07, 6.45) is 5.18. The molecule has 156 valence electrons. The average molecular weight is 396 g/mol. The normalized spacial score (nSPS) is 28.4. The van der Waals surface area contributed by atoms with Crippen LogP contribution >= 0.6 is 0 Å². The van der Waals surface area contributed by atoms with Crippen LogP contribution in [0, 0.1) is 11.6 Å².